The molecule has 1 aromatic heterocycles. The molecule has 6 nitrogen and oxygen atoms in total. The maximum atomic E-state index is 13.7. The summed E-state index contributed by atoms with van der Waals surface area (Å²) in [5, 5.41) is 9.76. The summed E-state index contributed by atoms with van der Waals surface area (Å²) >= 11 is 0. The molecule has 0 aliphatic heterocycles. The second kappa shape index (κ2) is 7.81. The molecule has 0 spiro atoms. The van der Waals surface area contributed by atoms with Gasteiger partial charge >= 0.3 is 6.03 Å². The van der Waals surface area contributed by atoms with Gasteiger partial charge < -0.3 is 15.4 Å². The minimum absolute atomic E-state index is 0.183. The third-order valence-corrected chi connectivity index (χ3v) is 4.04. The number of carbonyl (C=O) groups is 1. The van der Waals surface area contributed by atoms with E-state index >= 15 is 0 Å². The molecule has 1 atom stereocenters. The topological polar surface area (TPSA) is 68.2 Å². The van der Waals surface area contributed by atoms with E-state index in [1.54, 1.807) is 29.9 Å². The van der Waals surface area contributed by atoms with Crippen molar-refractivity contribution in [1.82, 2.24) is 20.4 Å². The molecule has 24 heavy (non-hydrogen) atoms. The second-order valence-corrected chi connectivity index (χ2v) is 5.64. The van der Waals surface area contributed by atoms with Crippen molar-refractivity contribution in [3.05, 3.63) is 47.0 Å². The lowest BCUT2D eigenvalue weighted by Crippen LogP contribution is -2.38. The van der Waals surface area contributed by atoms with E-state index in [9.17, 15) is 9.18 Å². The maximum Gasteiger partial charge on any atom is 0.315 e. The zero-order chi connectivity index (χ0) is 17.7. The molecule has 130 valence electrons. The SMILES string of the molecule is COc1ccc(C(C)NC(=O)NCCc2cnn(C)c2C)cc1F. The van der Waals surface area contributed by atoms with Crippen molar-refractivity contribution in [3.8, 4) is 5.75 Å². The standard InChI is InChI=1S/C17H23FN4O2/c1-11(13-5-6-16(24-4)15(18)9-13)21-17(23)19-8-7-14-10-20-22(3)12(14)2/h5-6,9-11H,7-8H2,1-4H3,(H2,19,21,23). The number of aryl methyl sites for hydroxylation is 1. The largest absolute Gasteiger partial charge is 0.494 e. The summed E-state index contributed by atoms with van der Waals surface area (Å²) in [7, 11) is 3.30. The average molecular weight is 334 g/mol. The normalized spacial score (nSPS) is 11.9. The van der Waals surface area contributed by atoms with Gasteiger partial charge in [0, 0.05) is 19.3 Å². The number of carbonyl (C=O) groups excluding carboxylic acids is 1. The highest BCUT2D eigenvalue weighted by Gasteiger charge is 2.12. The predicted molar refractivity (Wildman–Crippen MR) is 89.6 cm³/mol. The summed E-state index contributed by atoms with van der Waals surface area (Å²) < 4.78 is 20.4. The quantitative estimate of drug-likeness (QED) is 0.853. The van der Waals surface area contributed by atoms with Gasteiger partial charge in [-0.3, -0.25) is 4.68 Å². The maximum absolute atomic E-state index is 13.7. The van der Waals surface area contributed by atoms with Crippen molar-refractivity contribution in [3.63, 3.8) is 0 Å². The average Bonchev–Trinajstić information content (AvgIpc) is 2.86. The number of aromatic nitrogens is 2. The third kappa shape index (κ3) is 4.24. The fourth-order valence-corrected chi connectivity index (χ4v) is 2.38. The van der Waals surface area contributed by atoms with Gasteiger partial charge in [0.25, 0.3) is 0 Å². The zero-order valence-corrected chi connectivity index (χ0v) is 14.4. The van der Waals surface area contributed by atoms with Crippen LogP contribution in [0, 0.1) is 12.7 Å². The first-order valence-electron chi connectivity index (χ1n) is 7.77. The Morgan fingerprint density at radius 2 is 2.21 bits per heavy atom. The molecule has 2 amide bonds. The molecule has 1 heterocycles. The van der Waals surface area contributed by atoms with Crippen molar-refractivity contribution in [2.75, 3.05) is 13.7 Å². The number of nitrogens with one attached hydrogen (secondary N) is 2. The summed E-state index contributed by atoms with van der Waals surface area (Å²) in [5.41, 5.74) is 2.86. The van der Waals surface area contributed by atoms with Crippen LogP contribution < -0.4 is 15.4 Å². The minimum Gasteiger partial charge on any atom is -0.494 e. The number of halogens is 1. The summed E-state index contributed by atoms with van der Waals surface area (Å²) in [4.78, 5) is 12.0. The first-order valence-corrected chi connectivity index (χ1v) is 7.77. The number of hydrogen-bond acceptors (Lipinski definition) is 3. The van der Waals surface area contributed by atoms with E-state index in [-0.39, 0.29) is 17.8 Å². The second-order valence-electron chi connectivity index (χ2n) is 5.64. The number of nitrogens with zero attached hydrogens (tertiary/aromatic N) is 2. The number of benzene rings is 1. The summed E-state index contributed by atoms with van der Waals surface area (Å²) in [6.07, 6.45) is 2.51. The Morgan fingerprint density at radius 1 is 1.46 bits per heavy atom. The Morgan fingerprint density at radius 3 is 2.79 bits per heavy atom. The van der Waals surface area contributed by atoms with E-state index < -0.39 is 5.82 Å². The lowest BCUT2D eigenvalue weighted by atomic mass is 10.1. The summed E-state index contributed by atoms with van der Waals surface area (Å²) in [5.74, 6) is -0.265. The molecule has 0 aliphatic rings. The van der Waals surface area contributed by atoms with Crippen LogP contribution in [0.25, 0.3) is 0 Å². The van der Waals surface area contributed by atoms with Crippen LogP contribution in [-0.2, 0) is 13.5 Å². The number of urea groups is 1. The molecule has 0 aliphatic carbocycles. The summed E-state index contributed by atoms with van der Waals surface area (Å²) in [6, 6.07) is 4.03. The van der Waals surface area contributed by atoms with E-state index in [1.807, 2.05) is 14.0 Å². The molecular weight excluding hydrogens is 311 g/mol. The minimum atomic E-state index is -0.448. The molecule has 2 rings (SSSR count). The van der Waals surface area contributed by atoms with Gasteiger partial charge in [-0.15, -0.1) is 0 Å². The van der Waals surface area contributed by atoms with Crippen LogP contribution >= 0.6 is 0 Å². The van der Waals surface area contributed by atoms with Crippen molar-refractivity contribution >= 4 is 6.03 Å². The Hall–Kier alpha value is -2.57. The molecule has 2 N–H and O–H groups in total. The van der Waals surface area contributed by atoms with Gasteiger partial charge in [0.1, 0.15) is 0 Å². The van der Waals surface area contributed by atoms with Gasteiger partial charge in [0.05, 0.1) is 19.3 Å². The van der Waals surface area contributed by atoms with Gasteiger partial charge in [0.2, 0.25) is 0 Å². The van der Waals surface area contributed by atoms with Gasteiger partial charge in [-0.05, 0) is 43.5 Å². The number of methoxy groups -OCH3 is 1. The van der Waals surface area contributed by atoms with Crippen LogP contribution in [0.2, 0.25) is 0 Å². The van der Waals surface area contributed by atoms with Crippen LogP contribution in [0.1, 0.15) is 29.8 Å². The van der Waals surface area contributed by atoms with Gasteiger partial charge in [-0.1, -0.05) is 6.07 Å². The molecule has 7 heteroatoms. The highest BCUT2D eigenvalue weighted by molar-refractivity contribution is 5.74. The van der Waals surface area contributed by atoms with Crippen LogP contribution in [0.5, 0.6) is 5.75 Å². The highest BCUT2D eigenvalue weighted by atomic mass is 19.1. The molecule has 0 saturated heterocycles. The number of hydrogen-bond donors (Lipinski definition) is 2. The van der Waals surface area contributed by atoms with Gasteiger partial charge in [0.15, 0.2) is 11.6 Å². The van der Waals surface area contributed by atoms with E-state index in [2.05, 4.69) is 15.7 Å². The van der Waals surface area contributed by atoms with Crippen LogP contribution in [0.4, 0.5) is 9.18 Å². The van der Waals surface area contributed by atoms with E-state index in [0.29, 0.717) is 18.5 Å². The first-order chi connectivity index (χ1) is 11.4. The van der Waals surface area contributed by atoms with Crippen LogP contribution in [0.3, 0.4) is 0 Å². The molecule has 1 aromatic carbocycles. The highest BCUT2D eigenvalue weighted by Crippen LogP contribution is 2.21. The molecule has 0 radical (unpaired) electrons. The van der Waals surface area contributed by atoms with E-state index in [4.69, 9.17) is 4.74 Å². The molecule has 1 unspecified atom stereocenters. The molecule has 2 aromatic rings. The Bertz CT molecular complexity index is 715. The fourth-order valence-electron chi connectivity index (χ4n) is 2.38. The van der Waals surface area contributed by atoms with Crippen molar-refractivity contribution in [2.24, 2.45) is 7.05 Å². The number of ether oxygens (including phenoxy) is 1. The zero-order valence-electron chi connectivity index (χ0n) is 14.4. The Kier molecular flexibility index (Phi) is 5.78. The number of rotatable bonds is 6. The molecule has 0 fully saturated rings. The van der Waals surface area contributed by atoms with Crippen LogP contribution in [0.15, 0.2) is 24.4 Å². The third-order valence-electron chi connectivity index (χ3n) is 4.04. The molecule has 0 saturated carbocycles. The fraction of sp³-hybridized carbons (Fsp3) is 0.412. The first kappa shape index (κ1) is 17.8. The smallest absolute Gasteiger partial charge is 0.315 e. The van der Waals surface area contributed by atoms with Crippen molar-refractivity contribution < 1.29 is 13.9 Å². The monoisotopic (exact) mass is 334 g/mol. The number of amides is 2. The molecular formula is C17H23FN4O2. The predicted octanol–water partition coefficient (Wildman–Crippen LogP) is 2.48. The Balaban J connectivity index is 1.83. The lowest BCUT2D eigenvalue weighted by molar-refractivity contribution is 0.238. The Labute approximate surface area is 141 Å². The van der Waals surface area contributed by atoms with E-state index in [0.717, 1.165) is 11.3 Å². The van der Waals surface area contributed by atoms with Crippen molar-refractivity contribution in [1.29, 1.82) is 0 Å². The van der Waals surface area contributed by atoms with Gasteiger partial charge in [-0.2, -0.15) is 5.10 Å². The lowest BCUT2D eigenvalue weighted by Gasteiger charge is -2.16. The molecule has 0 bridgehead atoms. The summed E-state index contributed by atoms with van der Waals surface area (Å²) in [6.45, 7) is 4.29. The van der Waals surface area contributed by atoms with E-state index in [1.165, 1.54) is 13.2 Å². The van der Waals surface area contributed by atoms with Crippen LogP contribution in [-0.4, -0.2) is 29.5 Å². The van der Waals surface area contributed by atoms with Crippen molar-refractivity contribution in [2.45, 2.75) is 26.3 Å². The van der Waals surface area contributed by atoms with Gasteiger partial charge in [-0.25, -0.2) is 9.18 Å².